The molecule has 1 aromatic heterocycles. The second-order valence-corrected chi connectivity index (χ2v) is 11.0. The molecule has 0 unspecified atom stereocenters. The molecule has 2 aliphatic rings. The van der Waals surface area contributed by atoms with E-state index in [9.17, 15) is 4.79 Å². The number of fused-ring (bicyclic) bond motifs is 1. The molecule has 3 heterocycles. The van der Waals surface area contributed by atoms with Gasteiger partial charge in [-0.3, -0.25) is 14.4 Å². The number of thioether (sulfide) groups is 1. The topological polar surface area (TPSA) is 52.9 Å². The van der Waals surface area contributed by atoms with Crippen LogP contribution in [-0.4, -0.2) is 48.1 Å². The van der Waals surface area contributed by atoms with Gasteiger partial charge in [-0.25, -0.2) is 0 Å². The van der Waals surface area contributed by atoms with Crippen LogP contribution in [0.15, 0.2) is 80.7 Å². The Hall–Kier alpha value is -3.45. The lowest BCUT2D eigenvalue weighted by atomic mass is 9.97. The molecule has 3 aromatic rings. The number of aliphatic imine (C=N–C) groups is 1. The Labute approximate surface area is 229 Å². The Kier molecular flexibility index (Phi) is 7.65. The minimum Gasteiger partial charge on any atom is -0.378 e. The van der Waals surface area contributed by atoms with E-state index in [1.54, 1.807) is 11.8 Å². The zero-order chi connectivity index (χ0) is 26.8. The van der Waals surface area contributed by atoms with E-state index >= 15 is 0 Å². The SMILES string of the molecule is CSc1ccccc1N[C@H](C)c1cc(C)cc2c(=O)n(C)c(N3CCN(C4=CCC=C(C)N=C4)CC3)cc12. The third kappa shape index (κ3) is 5.25. The number of rotatable bonds is 6. The van der Waals surface area contributed by atoms with Gasteiger partial charge in [-0.1, -0.05) is 30.4 Å². The van der Waals surface area contributed by atoms with Crippen LogP contribution < -0.4 is 15.8 Å². The standard InChI is InChI=1S/C31H37N5OS/c1-21-17-25(23(3)33-28-11-6-7-12-29(28)38-5)26-19-30(34(4)31(37)27(26)18-21)36-15-13-35(14-16-36)24-10-8-9-22(2)32-20-24/h6-7,9-12,17-20,23,33H,8,13-16H2,1-5H3/t23-/m1/s1. The van der Waals surface area contributed by atoms with E-state index in [1.165, 1.54) is 10.6 Å². The van der Waals surface area contributed by atoms with Gasteiger partial charge in [0, 0.05) is 60.9 Å². The highest BCUT2D eigenvalue weighted by atomic mass is 32.2. The number of para-hydroxylation sites is 1. The van der Waals surface area contributed by atoms with Crippen molar-refractivity contribution < 1.29 is 0 Å². The molecule has 1 fully saturated rings. The van der Waals surface area contributed by atoms with Crippen molar-refractivity contribution in [1.82, 2.24) is 9.47 Å². The van der Waals surface area contributed by atoms with Crippen molar-refractivity contribution in [2.45, 2.75) is 38.1 Å². The largest absolute Gasteiger partial charge is 0.378 e. The zero-order valence-corrected chi connectivity index (χ0v) is 23.8. The molecule has 7 heteroatoms. The predicted octanol–water partition coefficient (Wildman–Crippen LogP) is 6.13. The molecule has 2 aromatic carbocycles. The summed E-state index contributed by atoms with van der Waals surface area (Å²) in [6.45, 7) is 9.79. The van der Waals surface area contributed by atoms with Gasteiger partial charge in [-0.2, -0.15) is 0 Å². The third-order valence-electron chi connectivity index (χ3n) is 7.56. The molecular formula is C31H37N5OS. The van der Waals surface area contributed by atoms with Crippen LogP contribution >= 0.6 is 11.8 Å². The average Bonchev–Trinajstić information content (AvgIpc) is 3.15. The van der Waals surface area contributed by atoms with E-state index < -0.39 is 0 Å². The molecule has 198 valence electrons. The Morgan fingerprint density at radius 3 is 2.47 bits per heavy atom. The summed E-state index contributed by atoms with van der Waals surface area (Å²) < 4.78 is 1.82. The van der Waals surface area contributed by atoms with Crippen molar-refractivity contribution in [3.63, 3.8) is 0 Å². The van der Waals surface area contributed by atoms with Crippen LogP contribution in [-0.2, 0) is 7.05 Å². The fourth-order valence-corrected chi connectivity index (χ4v) is 6.00. The molecule has 0 saturated carbocycles. The van der Waals surface area contributed by atoms with E-state index in [2.05, 4.69) is 88.8 Å². The van der Waals surface area contributed by atoms with Gasteiger partial charge in [-0.15, -0.1) is 11.8 Å². The summed E-state index contributed by atoms with van der Waals surface area (Å²) in [5, 5.41) is 5.51. The van der Waals surface area contributed by atoms with Crippen LogP contribution in [0.2, 0.25) is 0 Å². The smallest absolute Gasteiger partial charge is 0.259 e. The van der Waals surface area contributed by atoms with Crippen molar-refractivity contribution in [1.29, 1.82) is 0 Å². The molecular weight excluding hydrogens is 490 g/mol. The van der Waals surface area contributed by atoms with Crippen molar-refractivity contribution in [2.24, 2.45) is 12.0 Å². The van der Waals surface area contributed by atoms with Gasteiger partial charge in [0.1, 0.15) is 5.82 Å². The third-order valence-corrected chi connectivity index (χ3v) is 8.36. The summed E-state index contributed by atoms with van der Waals surface area (Å²) in [6, 6.07) is 14.9. The van der Waals surface area contributed by atoms with E-state index in [0.717, 1.165) is 71.7 Å². The number of anilines is 2. The predicted molar refractivity (Wildman–Crippen MR) is 163 cm³/mol. The molecule has 0 aliphatic carbocycles. The number of aryl methyl sites for hydroxylation is 1. The monoisotopic (exact) mass is 527 g/mol. The first-order valence-corrected chi connectivity index (χ1v) is 14.5. The molecule has 1 atom stereocenters. The molecule has 1 saturated heterocycles. The minimum absolute atomic E-state index is 0.0426. The first-order chi connectivity index (χ1) is 18.4. The molecule has 0 bridgehead atoms. The van der Waals surface area contributed by atoms with E-state index in [1.807, 2.05) is 30.8 Å². The second-order valence-electron chi connectivity index (χ2n) is 10.2. The summed E-state index contributed by atoms with van der Waals surface area (Å²) in [5.41, 5.74) is 5.67. The van der Waals surface area contributed by atoms with Gasteiger partial charge < -0.3 is 15.1 Å². The first-order valence-electron chi connectivity index (χ1n) is 13.3. The number of pyridine rings is 1. The number of piperazine rings is 1. The first kappa shape index (κ1) is 26.2. The maximum atomic E-state index is 13.6. The van der Waals surface area contributed by atoms with Crippen molar-refractivity contribution in [3.8, 4) is 0 Å². The lowest BCUT2D eigenvalue weighted by molar-refractivity contribution is 0.334. The Morgan fingerprint density at radius 1 is 0.974 bits per heavy atom. The lowest BCUT2D eigenvalue weighted by Gasteiger charge is -2.38. The van der Waals surface area contributed by atoms with Gasteiger partial charge in [0.2, 0.25) is 0 Å². The lowest BCUT2D eigenvalue weighted by Crippen LogP contribution is -2.47. The zero-order valence-electron chi connectivity index (χ0n) is 23.0. The van der Waals surface area contributed by atoms with Crippen LogP contribution in [0.1, 0.15) is 37.4 Å². The number of nitrogens with one attached hydrogen (secondary N) is 1. The van der Waals surface area contributed by atoms with Crippen LogP contribution in [0.4, 0.5) is 11.5 Å². The number of allylic oxidation sites excluding steroid dienone is 4. The highest BCUT2D eigenvalue weighted by molar-refractivity contribution is 7.98. The maximum Gasteiger partial charge on any atom is 0.259 e. The summed E-state index contributed by atoms with van der Waals surface area (Å²) in [6.07, 6.45) is 9.40. The van der Waals surface area contributed by atoms with Crippen LogP contribution in [0, 0.1) is 6.92 Å². The molecule has 6 nitrogen and oxygen atoms in total. The second kappa shape index (κ2) is 11.1. The van der Waals surface area contributed by atoms with Crippen LogP contribution in [0.5, 0.6) is 0 Å². The average molecular weight is 528 g/mol. The Balaban J connectivity index is 1.45. The number of nitrogens with zero attached hydrogens (tertiary/aromatic N) is 4. The molecule has 0 amide bonds. The van der Waals surface area contributed by atoms with Gasteiger partial charge in [0.15, 0.2) is 0 Å². The highest BCUT2D eigenvalue weighted by Gasteiger charge is 2.23. The van der Waals surface area contributed by atoms with Gasteiger partial charge in [0.25, 0.3) is 5.56 Å². The van der Waals surface area contributed by atoms with E-state index in [-0.39, 0.29) is 11.6 Å². The van der Waals surface area contributed by atoms with Crippen LogP contribution in [0.25, 0.3) is 10.8 Å². The fourth-order valence-electron chi connectivity index (χ4n) is 5.44. The molecule has 1 N–H and O–H groups in total. The van der Waals surface area contributed by atoms with E-state index in [4.69, 9.17) is 0 Å². The summed E-state index contributed by atoms with van der Waals surface area (Å²) in [5.74, 6) is 0.977. The minimum atomic E-state index is 0.0426. The number of benzene rings is 2. The number of hydrogen-bond acceptors (Lipinski definition) is 6. The van der Waals surface area contributed by atoms with Gasteiger partial charge in [-0.05, 0) is 74.2 Å². The Morgan fingerprint density at radius 2 is 1.71 bits per heavy atom. The van der Waals surface area contributed by atoms with E-state index in [0.29, 0.717) is 0 Å². The van der Waals surface area contributed by atoms with Crippen molar-refractivity contribution >= 4 is 40.3 Å². The molecule has 0 radical (unpaired) electrons. The Bertz CT molecular complexity index is 1490. The normalized spacial score (nSPS) is 16.8. The van der Waals surface area contributed by atoms with Gasteiger partial charge >= 0.3 is 0 Å². The van der Waals surface area contributed by atoms with Crippen molar-refractivity contribution in [2.75, 3.05) is 42.7 Å². The number of hydrogen-bond donors (Lipinski definition) is 1. The number of aromatic nitrogens is 1. The van der Waals surface area contributed by atoms with Crippen molar-refractivity contribution in [3.05, 3.63) is 87.5 Å². The molecule has 5 rings (SSSR count). The van der Waals surface area contributed by atoms with Gasteiger partial charge in [0.05, 0.1) is 11.9 Å². The molecule has 38 heavy (non-hydrogen) atoms. The summed E-state index contributed by atoms with van der Waals surface area (Å²) in [7, 11) is 1.90. The molecule has 2 aliphatic heterocycles. The maximum absolute atomic E-state index is 13.6. The highest BCUT2D eigenvalue weighted by Crippen LogP contribution is 2.33. The summed E-state index contributed by atoms with van der Waals surface area (Å²) in [4.78, 5) is 24.1. The summed E-state index contributed by atoms with van der Waals surface area (Å²) >= 11 is 1.74. The fraction of sp³-hybridized carbons (Fsp3) is 0.355. The molecule has 0 spiro atoms. The van der Waals surface area contributed by atoms with Crippen LogP contribution in [0.3, 0.4) is 0 Å². The quantitative estimate of drug-likeness (QED) is 0.391.